The van der Waals surface area contributed by atoms with Gasteiger partial charge in [0.1, 0.15) is 31.6 Å². The van der Waals surface area contributed by atoms with Crippen LogP contribution in [-0.2, 0) is 38.2 Å². The van der Waals surface area contributed by atoms with Gasteiger partial charge in [-0.25, -0.2) is 9.59 Å². The van der Waals surface area contributed by atoms with Crippen molar-refractivity contribution in [1.29, 1.82) is 0 Å². The molecule has 2 radical (unpaired) electrons. The van der Waals surface area contributed by atoms with E-state index in [1.165, 1.54) is 36.3 Å². The van der Waals surface area contributed by atoms with Crippen LogP contribution in [0.3, 0.4) is 0 Å². The van der Waals surface area contributed by atoms with E-state index in [-0.39, 0.29) is 29.9 Å². The van der Waals surface area contributed by atoms with Crippen molar-refractivity contribution in [2.75, 3.05) is 13.7 Å². The predicted molar refractivity (Wildman–Crippen MR) is 163 cm³/mol. The molecule has 2 saturated carbocycles. The van der Waals surface area contributed by atoms with Crippen molar-refractivity contribution in [3.63, 3.8) is 0 Å². The maximum atomic E-state index is 14.1. The minimum Gasteiger partial charge on any atom is -0.467 e. The fraction of sp³-hybridized carbons (Fsp3) is 0.613. The average molecular weight is 642 g/mol. The van der Waals surface area contributed by atoms with E-state index in [4.69, 9.17) is 21.5 Å². The third-order valence-electron chi connectivity index (χ3n) is 9.09. The normalized spacial score (nSPS) is 30.2. The smallest absolute Gasteiger partial charge is 0.408 e. The van der Waals surface area contributed by atoms with E-state index in [9.17, 15) is 27.6 Å². The van der Waals surface area contributed by atoms with Crippen LogP contribution in [0.2, 0.25) is 0 Å². The highest BCUT2D eigenvalue weighted by atomic mass is 32.2. The van der Waals surface area contributed by atoms with E-state index < -0.39 is 57.7 Å². The van der Waals surface area contributed by atoms with Crippen LogP contribution in [0.15, 0.2) is 41.3 Å². The van der Waals surface area contributed by atoms with Crippen LogP contribution in [0.4, 0.5) is 4.79 Å². The molecule has 0 spiro atoms. The molecule has 1 aromatic rings. The van der Waals surface area contributed by atoms with Crippen molar-refractivity contribution < 1.29 is 41.3 Å². The van der Waals surface area contributed by atoms with Crippen LogP contribution < -0.4 is 16.1 Å². The van der Waals surface area contributed by atoms with Crippen molar-refractivity contribution in [2.45, 2.75) is 105 Å². The fourth-order valence-corrected chi connectivity index (χ4v) is 7.58. The summed E-state index contributed by atoms with van der Waals surface area (Å²) in [7, 11) is 2.67. The van der Waals surface area contributed by atoms with E-state index in [1.54, 1.807) is 0 Å². The molecule has 4 aliphatic rings. The van der Waals surface area contributed by atoms with Gasteiger partial charge < -0.3 is 25.0 Å². The van der Waals surface area contributed by atoms with Crippen LogP contribution in [0.1, 0.15) is 70.6 Å². The van der Waals surface area contributed by atoms with Crippen LogP contribution in [-0.4, -0.2) is 88.5 Å². The number of fused-ring (bicyclic) bond motifs is 2. The van der Waals surface area contributed by atoms with Crippen LogP contribution in [0.25, 0.3) is 0 Å². The first kappa shape index (κ1) is 33.0. The van der Waals surface area contributed by atoms with Gasteiger partial charge in [-0.2, -0.15) is 8.42 Å². The third kappa shape index (κ3) is 7.71. The van der Waals surface area contributed by atoms with Gasteiger partial charge >= 0.3 is 12.1 Å². The number of ether oxygens (including phenoxy) is 2. The Morgan fingerprint density at radius 1 is 1.02 bits per heavy atom. The molecule has 3 amide bonds. The molecule has 242 valence electrons. The predicted octanol–water partition coefficient (Wildman–Crippen LogP) is 1.76. The zero-order valence-corrected chi connectivity index (χ0v) is 26.3. The number of benzene rings is 1. The SMILES string of the molecule is [B]c1ccc(S(=O)(=O)O[C@@H]2C[C@H]3C(=O)N[C@]4(C(=O)OC)CC4/C=C\CCCCC[C@H](NC(=O)OC4CCCC4)C(=O)N3C2)cc1. The van der Waals surface area contributed by atoms with Crippen molar-refractivity contribution in [2.24, 2.45) is 5.92 Å². The lowest BCUT2D eigenvalue weighted by molar-refractivity contribution is -0.148. The second kappa shape index (κ2) is 13.9. The Bertz CT molecular complexity index is 1410. The van der Waals surface area contributed by atoms with Crippen LogP contribution >= 0.6 is 0 Å². The molecule has 2 N–H and O–H groups in total. The highest BCUT2D eigenvalue weighted by molar-refractivity contribution is 7.86. The summed E-state index contributed by atoms with van der Waals surface area (Å²) < 4.78 is 42.4. The first-order valence-electron chi connectivity index (χ1n) is 15.7. The van der Waals surface area contributed by atoms with E-state index >= 15 is 0 Å². The summed E-state index contributed by atoms with van der Waals surface area (Å²) in [5, 5.41) is 5.53. The van der Waals surface area contributed by atoms with Gasteiger partial charge in [0.15, 0.2) is 0 Å². The van der Waals surface area contributed by atoms with Gasteiger partial charge in [-0.05, 0) is 63.5 Å². The summed E-state index contributed by atoms with van der Waals surface area (Å²) in [5.41, 5.74) is -0.907. The van der Waals surface area contributed by atoms with E-state index in [2.05, 4.69) is 10.6 Å². The first-order chi connectivity index (χ1) is 21.5. The fourth-order valence-electron chi connectivity index (χ4n) is 6.50. The van der Waals surface area contributed by atoms with Gasteiger partial charge in [0.25, 0.3) is 10.1 Å². The maximum absolute atomic E-state index is 14.1. The Hall–Kier alpha value is -3.39. The molecular weight excluding hydrogens is 601 g/mol. The van der Waals surface area contributed by atoms with Gasteiger partial charge in [0.05, 0.1) is 18.1 Å². The lowest BCUT2D eigenvalue weighted by Crippen LogP contribution is -2.56. The molecule has 0 bridgehead atoms. The number of hydrogen-bond acceptors (Lipinski definition) is 9. The van der Waals surface area contributed by atoms with Gasteiger partial charge in [0, 0.05) is 18.9 Å². The number of esters is 1. The molecule has 3 fully saturated rings. The average Bonchev–Trinajstić information content (AvgIpc) is 3.29. The quantitative estimate of drug-likeness (QED) is 0.205. The van der Waals surface area contributed by atoms with Gasteiger partial charge in [-0.3, -0.25) is 13.8 Å². The monoisotopic (exact) mass is 641 g/mol. The summed E-state index contributed by atoms with van der Waals surface area (Å²) in [6.45, 7) is -0.227. The Labute approximate surface area is 265 Å². The topological polar surface area (TPSA) is 157 Å². The van der Waals surface area contributed by atoms with Gasteiger partial charge in [0.2, 0.25) is 11.8 Å². The molecule has 0 aromatic heterocycles. The summed E-state index contributed by atoms with van der Waals surface area (Å²) in [4.78, 5) is 54.8. The number of nitrogens with zero attached hydrogens (tertiary/aromatic N) is 1. The lowest BCUT2D eigenvalue weighted by Gasteiger charge is -2.29. The summed E-state index contributed by atoms with van der Waals surface area (Å²) >= 11 is 0. The second-order valence-electron chi connectivity index (χ2n) is 12.3. The Morgan fingerprint density at radius 3 is 2.44 bits per heavy atom. The number of amides is 3. The molecule has 14 heteroatoms. The standard InChI is InChI=1S/C31H40BN3O9S/c1-42-29(38)31-18-20(31)9-5-3-2-4-6-12-25(33-30(39)43-22-10-7-8-11-22)28(37)35-19-23(17-26(35)27(36)34-31)44-45(40,41)24-15-13-21(32)14-16-24/h5,9,13-16,20,22-23,25-26H,2-4,6-8,10-12,17-19H2,1H3,(H,33,39)(H,34,36)/b9-5-/t20?,23-,25+,26+,31-/m1/s1. The van der Waals surface area contributed by atoms with Crippen LogP contribution in [0.5, 0.6) is 0 Å². The van der Waals surface area contributed by atoms with E-state index in [1.807, 2.05) is 12.2 Å². The zero-order chi connectivity index (χ0) is 32.2. The Kier molecular flexibility index (Phi) is 10.2. The number of hydrogen-bond donors (Lipinski definition) is 2. The molecular formula is C31H40BN3O9S. The van der Waals surface area contributed by atoms with Crippen molar-refractivity contribution >= 4 is 47.3 Å². The summed E-state index contributed by atoms with van der Waals surface area (Å²) in [6, 6.07) is 3.31. The minimum atomic E-state index is -4.27. The van der Waals surface area contributed by atoms with Crippen molar-refractivity contribution in [1.82, 2.24) is 15.5 Å². The summed E-state index contributed by atoms with van der Waals surface area (Å²) in [5.74, 6) is -2.06. The molecule has 2 aliphatic heterocycles. The minimum absolute atomic E-state index is 0.122. The molecule has 5 atom stereocenters. The highest BCUT2D eigenvalue weighted by Gasteiger charge is 2.62. The Balaban J connectivity index is 1.41. The second-order valence-corrected chi connectivity index (χ2v) is 13.9. The van der Waals surface area contributed by atoms with E-state index in [0.717, 1.165) is 44.9 Å². The van der Waals surface area contributed by atoms with Gasteiger partial charge in [-0.1, -0.05) is 42.6 Å². The zero-order valence-electron chi connectivity index (χ0n) is 25.4. The molecule has 1 aromatic carbocycles. The number of rotatable bonds is 6. The van der Waals surface area contributed by atoms with E-state index in [0.29, 0.717) is 24.7 Å². The highest BCUT2D eigenvalue weighted by Crippen LogP contribution is 2.46. The molecule has 1 saturated heterocycles. The summed E-state index contributed by atoms with van der Waals surface area (Å²) in [6.07, 6.45) is 8.85. The molecule has 5 rings (SSSR count). The molecule has 2 aliphatic carbocycles. The first-order valence-corrected chi connectivity index (χ1v) is 17.1. The number of allylic oxidation sites excluding steroid dienone is 1. The number of alkyl carbamates (subject to hydrolysis) is 1. The maximum Gasteiger partial charge on any atom is 0.408 e. The van der Waals surface area contributed by atoms with Crippen molar-refractivity contribution in [3.8, 4) is 0 Å². The number of nitrogens with one attached hydrogen (secondary N) is 2. The molecule has 2 heterocycles. The number of carbonyl (C=O) groups is 4. The van der Waals surface area contributed by atoms with Crippen LogP contribution in [0, 0.1) is 5.92 Å². The molecule has 12 nitrogen and oxygen atoms in total. The number of methoxy groups -OCH3 is 1. The largest absolute Gasteiger partial charge is 0.467 e. The third-order valence-corrected chi connectivity index (χ3v) is 10.5. The lowest BCUT2D eigenvalue weighted by atomic mass is 9.97. The molecule has 45 heavy (non-hydrogen) atoms. The Morgan fingerprint density at radius 2 is 1.73 bits per heavy atom. The van der Waals surface area contributed by atoms with Gasteiger partial charge in [-0.15, -0.1) is 0 Å². The van der Waals surface area contributed by atoms with Crippen molar-refractivity contribution in [3.05, 3.63) is 36.4 Å². The number of carbonyl (C=O) groups excluding carboxylic acids is 4. The molecule has 1 unspecified atom stereocenters.